The monoisotopic (exact) mass is 268 g/mol. The summed E-state index contributed by atoms with van der Waals surface area (Å²) >= 11 is 0. The topological polar surface area (TPSA) is 63.4 Å². The molecule has 4 nitrogen and oxygen atoms in total. The van der Waals surface area contributed by atoms with Crippen LogP contribution in [0.3, 0.4) is 0 Å². The van der Waals surface area contributed by atoms with Gasteiger partial charge in [0.2, 0.25) is 0 Å². The number of hydrogen-bond donors (Lipinski definition) is 1. The molecule has 18 heavy (non-hydrogen) atoms. The fourth-order valence-corrected chi connectivity index (χ4v) is 4.24. The van der Waals surface area contributed by atoms with Gasteiger partial charge in [-0.05, 0) is 24.6 Å². The zero-order chi connectivity index (χ0) is 13.2. The lowest BCUT2D eigenvalue weighted by Gasteiger charge is -2.24. The average molecular weight is 268 g/mol. The molecular weight excluding hydrogens is 248 g/mol. The van der Waals surface area contributed by atoms with Crippen LogP contribution in [-0.4, -0.2) is 37.9 Å². The molecular formula is C13H20N2O2S. The third-order valence-corrected chi connectivity index (χ3v) is 5.34. The van der Waals surface area contributed by atoms with Crippen molar-refractivity contribution in [1.82, 2.24) is 4.90 Å². The van der Waals surface area contributed by atoms with Crippen molar-refractivity contribution in [3.8, 4) is 0 Å². The first kappa shape index (κ1) is 13.5. The maximum atomic E-state index is 11.5. The molecule has 1 fully saturated rings. The van der Waals surface area contributed by atoms with Gasteiger partial charge in [-0.25, -0.2) is 8.42 Å². The maximum Gasteiger partial charge on any atom is 0.151 e. The Labute approximate surface area is 109 Å². The fraction of sp³-hybridized carbons (Fsp3) is 0.538. The summed E-state index contributed by atoms with van der Waals surface area (Å²) in [5.74, 6) is 0.606. The first-order valence-electron chi connectivity index (χ1n) is 6.19. The second-order valence-corrected chi connectivity index (χ2v) is 7.17. The van der Waals surface area contributed by atoms with Gasteiger partial charge in [-0.2, -0.15) is 0 Å². The molecule has 100 valence electrons. The van der Waals surface area contributed by atoms with Crippen molar-refractivity contribution >= 4 is 9.84 Å². The van der Waals surface area contributed by atoms with Gasteiger partial charge in [-0.1, -0.05) is 24.3 Å². The van der Waals surface area contributed by atoms with E-state index < -0.39 is 9.84 Å². The molecule has 1 unspecified atom stereocenters. The Hall–Kier alpha value is -0.910. The molecule has 5 heteroatoms. The number of sulfone groups is 1. The van der Waals surface area contributed by atoms with E-state index in [-0.39, 0.29) is 11.8 Å². The molecule has 1 aliphatic rings. The van der Waals surface area contributed by atoms with Crippen molar-refractivity contribution in [3.05, 3.63) is 35.4 Å². The Balaban J connectivity index is 2.05. The molecule has 0 saturated carbocycles. The minimum atomic E-state index is -2.81. The molecule has 0 bridgehead atoms. The standard InChI is InChI=1S/C13H20N2O2S/c1-15(13-6-7-18(16,17)10-13)9-12-5-3-2-4-11(12)8-14/h2-5,13H,6-10,14H2,1H3. The number of benzene rings is 1. The van der Waals surface area contributed by atoms with Crippen molar-refractivity contribution in [2.75, 3.05) is 18.6 Å². The summed E-state index contributed by atoms with van der Waals surface area (Å²) in [7, 11) is -0.830. The van der Waals surface area contributed by atoms with E-state index in [9.17, 15) is 8.42 Å². The number of nitrogens with two attached hydrogens (primary N) is 1. The first-order chi connectivity index (χ1) is 8.52. The maximum absolute atomic E-state index is 11.5. The second kappa shape index (κ2) is 5.38. The van der Waals surface area contributed by atoms with Gasteiger partial charge in [0, 0.05) is 19.1 Å². The van der Waals surface area contributed by atoms with Gasteiger partial charge >= 0.3 is 0 Å². The van der Waals surface area contributed by atoms with Gasteiger partial charge in [-0.15, -0.1) is 0 Å². The zero-order valence-corrected chi connectivity index (χ0v) is 11.5. The van der Waals surface area contributed by atoms with Gasteiger partial charge < -0.3 is 5.73 Å². The first-order valence-corrected chi connectivity index (χ1v) is 8.01. The SMILES string of the molecule is CN(Cc1ccccc1CN)C1CCS(=O)(=O)C1. The number of nitrogens with zero attached hydrogens (tertiary/aromatic N) is 1. The summed E-state index contributed by atoms with van der Waals surface area (Å²) in [6.45, 7) is 1.28. The van der Waals surface area contributed by atoms with Crippen molar-refractivity contribution in [1.29, 1.82) is 0 Å². The van der Waals surface area contributed by atoms with Crippen LogP contribution in [0.5, 0.6) is 0 Å². The number of hydrogen-bond acceptors (Lipinski definition) is 4. The predicted octanol–water partition coefficient (Wildman–Crippen LogP) is 0.764. The lowest BCUT2D eigenvalue weighted by Crippen LogP contribution is -2.32. The largest absolute Gasteiger partial charge is 0.326 e. The van der Waals surface area contributed by atoms with Crippen molar-refractivity contribution in [3.63, 3.8) is 0 Å². The Bertz CT molecular complexity index is 513. The van der Waals surface area contributed by atoms with Crippen LogP contribution >= 0.6 is 0 Å². The third-order valence-electron chi connectivity index (χ3n) is 3.59. The van der Waals surface area contributed by atoms with Crippen LogP contribution in [0.25, 0.3) is 0 Å². The molecule has 1 saturated heterocycles. The normalized spacial score (nSPS) is 22.5. The predicted molar refractivity (Wildman–Crippen MR) is 72.9 cm³/mol. The molecule has 1 atom stereocenters. The summed E-state index contributed by atoms with van der Waals surface area (Å²) in [6.07, 6.45) is 0.740. The molecule has 0 spiro atoms. The van der Waals surface area contributed by atoms with Crippen LogP contribution in [0.4, 0.5) is 0 Å². The lowest BCUT2D eigenvalue weighted by molar-refractivity contribution is 0.253. The van der Waals surface area contributed by atoms with Crippen molar-refractivity contribution in [2.24, 2.45) is 5.73 Å². The van der Waals surface area contributed by atoms with E-state index in [2.05, 4.69) is 11.0 Å². The third kappa shape index (κ3) is 3.10. The van der Waals surface area contributed by atoms with Gasteiger partial charge in [0.25, 0.3) is 0 Å². The summed E-state index contributed by atoms with van der Waals surface area (Å²) in [5, 5.41) is 0. The highest BCUT2D eigenvalue weighted by atomic mass is 32.2. The van der Waals surface area contributed by atoms with Crippen LogP contribution < -0.4 is 5.73 Å². The zero-order valence-electron chi connectivity index (χ0n) is 10.7. The fourth-order valence-electron chi connectivity index (χ4n) is 2.43. The summed E-state index contributed by atoms with van der Waals surface area (Å²) in [4.78, 5) is 2.12. The summed E-state index contributed by atoms with van der Waals surface area (Å²) in [5.41, 5.74) is 8.03. The molecule has 1 aliphatic heterocycles. The van der Waals surface area contributed by atoms with E-state index in [0.29, 0.717) is 12.3 Å². The van der Waals surface area contributed by atoms with E-state index >= 15 is 0 Å². The van der Waals surface area contributed by atoms with Gasteiger partial charge in [-0.3, -0.25) is 4.90 Å². The smallest absolute Gasteiger partial charge is 0.151 e. The Morgan fingerprint density at radius 3 is 2.56 bits per heavy atom. The Morgan fingerprint density at radius 1 is 1.33 bits per heavy atom. The minimum Gasteiger partial charge on any atom is -0.326 e. The molecule has 2 rings (SSSR count). The molecule has 0 radical (unpaired) electrons. The molecule has 0 aliphatic carbocycles. The van der Waals surface area contributed by atoms with Crippen LogP contribution in [0.1, 0.15) is 17.5 Å². The highest BCUT2D eigenvalue weighted by Gasteiger charge is 2.30. The van der Waals surface area contributed by atoms with E-state index in [1.54, 1.807) is 0 Å². The van der Waals surface area contributed by atoms with Gasteiger partial charge in [0.15, 0.2) is 9.84 Å². The van der Waals surface area contributed by atoms with E-state index in [1.807, 2.05) is 25.2 Å². The van der Waals surface area contributed by atoms with Crippen molar-refractivity contribution < 1.29 is 8.42 Å². The molecule has 1 aromatic rings. The molecule has 0 aromatic heterocycles. The van der Waals surface area contributed by atoms with E-state index in [0.717, 1.165) is 18.5 Å². The quantitative estimate of drug-likeness (QED) is 0.876. The highest BCUT2D eigenvalue weighted by molar-refractivity contribution is 7.91. The van der Waals surface area contributed by atoms with E-state index in [4.69, 9.17) is 5.73 Å². The van der Waals surface area contributed by atoms with Crippen LogP contribution in [-0.2, 0) is 22.9 Å². The summed E-state index contributed by atoms with van der Waals surface area (Å²) in [6, 6.07) is 8.19. The summed E-state index contributed by atoms with van der Waals surface area (Å²) < 4.78 is 22.9. The second-order valence-electron chi connectivity index (χ2n) is 4.94. The molecule has 1 aromatic carbocycles. The van der Waals surface area contributed by atoms with Crippen LogP contribution in [0.2, 0.25) is 0 Å². The van der Waals surface area contributed by atoms with Crippen molar-refractivity contribution in [2.45, 2.75) is 25.6 Å². The number of rotatable bonds is 4. The Morgan fingerprint density at radius 2 is 2.00 bits per heavy atom. The highest BCUT2D eigenvalue weighted by Crippen LogP contribution is 2.19. The van der Waals surface area contributed by atoms with E-state index in [1.165, 1.54) is 5.56 Å². The molecule has 1 heterocycles. The van der Waals surface area contributed by atoms with Gasteiger partial charge in [0.05, 0.1) is 11.5 Å². The van der Waals surface area contributed by atoms with Crippen LogP contribution in [0, 0.1) is 0 Å². The molecule has 2 N–H and O–H groups in total. The molecule has 0 amide bonds. The minimum absolute atomic E-state index is 0.140. The van der Waals surface area contributed by atoms with Gasteiger partial charge in [0.1, 0.15) is 0 Å². The average Bonchev–Trinajstić information content (AvgIpc) is 2.70. The van der Waals surface area contributed by atoms with Crippen LogP contribution in [0.15, 0.2) is 24.3 Å². The Kier molecular flexibility index (Phi) is 4.04. The lowest BCUT2D eigenvalue weighted by atomic mass is 10.1.